The highest BCUT2D eigenvalue weighted by atomic mass is 35.5. The number of phenolic OH excluding ortho intramolecular Hbond substituents is 1. The van der Waals surface area contributed by atoms with Crippen molar-refractivity contribution in [2.75, 3.05) is 24.5 Å². The second-order valence-electron chi connectivity index (χ2n) is 16.2. The number of ether oxygens (including phenoxy) is 2. The lowest BCUT2D eigenvalue weighted by Crippen LogP contribution is -2.53. The molecule has 0 radical (unpaired) electrons. The minimum Gasteiger partial charge on any atom is -0.502 e. The number of nitrogens with one attached hydrogen (secondary N) is 1. The van der Waals surface area contributed by atoms with E-state index in [0.29, 0.717) is 67.2 Å². The number of phenols is 1. The summed E-state index contributed by atoms with van der Waals surface area (Å²) < 4.78 is 57.9. The number of alkyl halides is 3. The summed E-state index contributed by atoms with van der Waals surface area (Å²) in [6.07, 6.45) is -2.44. The zero-order valence-electron chi connectivity index (χ0n) is 34.1. The first-order valence-corrected chi connectivity index (χ1v) is 21.0. The molecule has 2 saturated heterocycles. The van der Waals surface area contributed by atoms with Gasteiger partial charge < -0.3 is 19.0 Å². The average molecular weight is 925 g/mol. The number of nitrogens with zero attached hydrogens (tertiary/aromatic N) is 4. The number of imide groups is 2. The topological polar surface area (TPSA) is 164 Å². The van der Waals surface area contributed by atoms with Crippen LogP contribution >= 0.6 is 23.2 Å². The van der Waals surface area contributed by atoms with Crippen molar-refractivity contribution in [3.05, 3.63) is 136 Å². The second kappa shape index (κ2) is 15.4. The van der Waals surface area contributed by atoms with E-state index in [-0.39, 0.29) is 30.1 Å². The van der Waals surface area contributed by atoms with E-state index in [4.69, 9.17) is 37.1 Å². The number of fused-ring (bicyclic) bond motifs is 5. The number of pyridine rings is 1. The first kappa shape index (κ1) is 42.1. The highest BCUT2D eigenvalue weighted by molar-refractivity contribution is 6.33. The molecule has 4 amide bonds. The molecule has 18 heteroatoms. The zero-order chi connectivity index (χ0) is 45.7. The minimum absolute atomic E-state index is 0.0226. The first-order valence-electron chi connectivity index (χ1n) is 20.3. The summed E-state index contributed by atoms with van der Waals surface area (Å²) in [7, 11) is 2.66. The molecule has 3 fully saturated rings. The Labute approximate surface area is 377 Å². The second-order valence-corrected chi connectivity index (χ2v) is 17.1. The number of allylic oxidation sites excluding steroid dienone is 2. The van der Waals surface area contributed by atoms with Gasteiger partial charge in [-0.1, -0.05) is 59.1 Å². The normalized spacial score (nSPS) is 23.9. The van der Waals surface area contributed by atoms with Gasteiger partial charge in [0.15, 0.2) is 22.9 Å². The van der Waals surface area contributed by atoms with Crippen LogP contribution < -0.4 is 19.8 Å². The molecule has 2 aromatic heterocycles. The van der Waals surface area contributed by atoms with Gasteiger partial charge in [0.25, 0.3) is 11.8 Å². The van der Waals surface area contributed by atoms with Gasteiger partial charge in [-0.25, -0.2) is 9.97 Å². The van der Waals surface area contributed by atoms with Crippen molar-refractivity contribution in [1.29, 1.82) is 0 Å². The molecule has 2 N–H and O–H groups in total. The van der Waals surface area contributed by atoms with E-state index in [0.717, 1.165) is 4.90 Å². The van der Waals surface area contributed by atoms with Crippen LogP contribution in [-0.4, -0.2) is 57.9 Å². The largest absolute Gasteiger partial charge is 0.502 e. The van der Waals surface area contributed by atoms with E-state index in [2.05, 4.69) is 15.4 Å². The fourth-order valence-electron chi connectivity index (χ4n) is 10.2. The summed E-state index contributed by atoms with van der Waals surface area (Å²) in [5.41, 5.74) is 3.08. The number of aromatic hydroxyl groups is 1. The van der Waals surface area contributed by atoms with Crippen LogP contribution in [0.4, 0.5) is 24.7 Å². The van der Waals surface area contributed by atoms with E-state index in [9.17, 15) is 27.9 Å². The van der Waals surface area contributed by atoms with E-state index < -0.39 is 81.2 Å². The van der Waals surface area contributed by atoms with Crippen LogP contribution in [0.25, 0.3) is 22.6 Å². The number of oxazole rings is 1. The average Bonchev–Trinajstić information content (AvgIpc) is 3.91. The van der Waals surface area contributed by atoms with Crippen molar-refractivity contribution < 1.29 is 51.3 Å². The highest BCUT2D eigenvalue weighted by Gasteiger charge is 2.70. The molecule has 13 nitrogen and oxygen atoms in total. The number of carbonyl (C=O) groups excluding carboxylic acids is 4. The Morgan fingerprint density at radius 1 is 0.877 bits per heavy atom. The summed E-state index contributed by atoms with van der Waals surface area (Å²) >= 11 is 12.7. The van der Waals surface area contributed by atoms with Crippen molar-refractivity contribution in [2.24, 2.45) is 23.7 Å². The number of halogens is 5. The van der Waals surface area contributed by atoms with Crippen LogP contribution in [-0.2, 0) is 30.8 Å². The lowest BCUT2D eigenvalue weighted by molar-refractivity contribution is -0.139. The van der Waals surface area contributed by atoms with Gasteiger partial charge in [-0.2, -0.15) is 18.2 Å². The molecule has 4 heterocycles. The number of hydrogen-bond donors (Lipinski definition) is 2. The van der Waals surface area contributed by atoms with Crippen molar-refractivity contribution in [3.63, 3.8) is 0 Å². The van der Waals surface area contributed by atoms with Gasteiger partial charge in [0.05, 0.1) is 53.7 Å². The number of benzene rings is 4. The van der Waals surface area contributed by atoms with Crippen molar-refractivity contribution >= 4 is 69.4 Å². The number of hydrazine groups is 1. The van der Waals surface area contributed by atoms with Gasteiger partial charge in [-0.15, -0.1) is 0 Å². The zero-order valence-corrected chi connectivity index (χ0v) is 35.6. The third kappa shape index (κ3) is 6.43. The Hall–Kier alpha value is -6.91. The van der Waals surface area contributed by atoms with Crippen LogP contribution in [0.15, 0.2) is 113 Å². The molecule has 4 aromatic carbocycles. The van der Waals surface area contributed by atoms with Gasteiger partial charge in [0.1, 0.15) is 5.52 Å². The van der Waals surface area contributed by atoms with Gasteiger partial charge in [-0.05, 0) is 96.6 Å². The maximum absolute atomic E-state index is 15.6. The number of carbonyl (C=O) groups is 4. The Balaban J connectivity index is 1.10. The molecule has 330 valence electrons. The molecule has 6 aromatic rings. The molecule has 0 bridgehead atoms. The van der Waals surface area contributed by atoms with E-state index >= 15 is 9.59 Å². The third-order valence-corrected chi connectivity index (χ3v) is 13.6. The number of aromatic nitrogens is 2. The smallest absolute Gasteiger partial charge is 0.417 e. The predicted molar refractivity (Wildman–Crippen MR) is 230 cm³/mol. The van der Waals surface area contributed by atoms with Crippen molar-refractivity contribution in [3.8, 4) is 28.7 Å². The lowest BCUT2D eigenvalue weighted by Gasteiger charge is -2.50. The van der Waals surface area contributed by atoms with Gasteiger partial charge >= 0.3 is 6.18 Å². The molecule has 4 aliphatic rings. The van der Waals surface area contributed by atoms with Crippen LogP contribution in [0.3, 0.4) is 0 Å². The molecule has 10 rings (SSSR count). The molecule has 1 saturated carbocycles. The monoisotopic (exact) mass is 923 g/mol. The maximum Gasteiger partial charge on any atom is 0.417 e. The van der Waals surface area contributed by atoms with Gasteiger partial charge in [0.2, 0.25) is 23.5 Å². The molecule has 2 aliphatic heterocycles. The predicted octanol–water partition coefficient (Wildman–Crippen LogP) is 9.13. The fraction of sp³-hybridized carbons (Fsp3) is 0.234. The molecular formula is C47H34Cl2F3N5O8. The van der Waals surface area contributed by atoms with Crippen molar-refractivity contribution in [1.82, 2.24) is 15.0 Å². The van der Waals surface area contributed by atoms with E-state index in [1.165, 1.54) is 26.4 Å². The molecule has 6 atom stereocenters. The summed E-state index contributed by atoms with van der Waals surface area (Å²) in [6.45, 7) is 0. The summed E-state index contributed by atoms with van der Waals surface area (Å²) in [5, 5.41) is 11.6. The van der Waals surface area contributed by atoms with Crippen LogP contribution in [0.5, 0.6) is 17.2 Å². The molecular weight excluding hydrogens is 890 g/mol. The van der Waals surface area contributed by atoms with Crippen molar-refractivity contribution in [2.45, 2.75) is 30.4 Å². The third-order valence-electron chi connectivity index (χ3n) is 13.1. The lowest BCUT2D eigenvalue weighted by atomic mass is 9.49. The SMILES string of the molecule is COc1cc(C2C3=CCC4C(=O)N(c5ccc(-c6nc7ccccc7o6)cc5)C(=O)C4C3CC3C(=O)N(Nc4ncc(C(F)(F)F)cc4Cl)C(=O)C32c2ccc(Cl)cc2)cc(OC)c1O. The number of amides is 4. The Bertz CT molecular complexity index is 2960. The summed E-state index contributed by atoms with van der Waals surface area (Å²) in [4.78, 5) is 69.6. The molecule has 6 unspecified atom stereocenters. The fourth-order valence-corrected chi connectivity index (χ4v) is 10.6. The summed E-state index contributed by atoms with van der Waals surface area (Å²) in [5.74, 6) is -8.00. The number of rotatable bonds is 8. The van der Waals surface area contributed by atoms with Gasteiger partial charge in [-0.3, -0.25) is 29.5 Å². The Morgan fingerprint density at radius 2 is 1.57 bits per heavy atom. The molecule has 0 spiro atoms. The van der Waals surface area contributed by atoms with E-state index in [1.54, 1.807) is 54.6 Å². The molecule has 2 aliphatic carbocycles. The quantitative estimate of drug-likeness (QED) is 0.111. The number of anilines is 2. The summed E-state index contributed by atoms with van der Waals surface area (Å²) in [6, 6.07) is 24.0. The standard InChI is InChI=1S/C47H34Cl2F3N5O8/c1-63-35-17-23(18-36(64-2)39(35)58)38-28-15-16-29-37(44(61)56(42(29)59)27-13-7-22(8-14-27)41-54-33-5-3-4-6-34(33)65-41)30(28)20-31-43(60)57(45(62)46(31,38)24-9-11-26(48)12-10-24)55-40-32(49)19-25(21-53-40)47(50,51)52/h3-15,17-19,21,29-31,37-38,58H,16,20H2,1-2H3,(H,53,55). The maximum atomic E-state index is 15.6. The first-order chi connectivity index (χ1) is 31.1. The number of hydrogen-bond acceptors (Lipinski definition) is 11. The minimum atomic E-state index is -4.78. The van der Waals surface area contributed by atoms with Crippen LogP contribution in [0.1, 0.15) is 35.4 Å². The van der Waals surface area contributed by atoms with Crippen LogP contribution in [0.2, 0.25) is 10.0 Å². The number of methoxy groups -OCH3 is 2. The number of para-hydroxylation sites is 2. The molecule has 65 heavy (non-hydrogen) atoms. The van der Waals surface area contributed by atoms with E-state index in [1.807, 2.05) is 24.3 Å². The van der Waals surface area contributed by atoms with Gasteiger partial charge in [0, 0.05) is 22.7 Å². The van der Waals surface area contributed by atoms with Crippen LogP contribution in [0, 0.1) is 23.7 Å². The Morgan fingerprint density at radius 3 is 2.22 bits per heavy atom. The highest BCUT2D eigenvalue weighted by Crippen LogP contribution is 2.65. The Kier molecular flexibility index (Phi) is 9.95.